The van der Waals surface area contributed by atoms with Gasteiger partial charge in [0.25, 0.3) is 5.91 Å². The molecular formula is C22H21N3O2. The number of hydrogen-bond donors (Lipinski definition) is 2. The van der Waals surface area contributed by atoms with Crippen molar-refractivity contribution in [3.8, 4) is 5.69 Å². The van der Waals surface area contributed by atoms with E-state index in [4.69, 9.17) is 0 Å². The summed E-state index contributed by atoms with van der Waals surface area (Å²) in [4.78, 5) is 24.7. The molecule has 1 heterocycles. The summed E-state index contributed by atoms with van der Waals surface area (Å²) in [6.45, 7) is 1.93. The SMILES string of the molecule is Cc1ccc(NC(=O)C2CC2)cc1NC(=O)c1cccc(-n2cccc2)c1. The molecule has 2 N–H and O–H groups in total. The van der Waals surface area contributed by atoms with Gasteiger partial charge >= 0.3 is 0 Å². The Hall–Kier alpha value is -3.34. The van der Waals surface area contributed by atoms with Crippen molar-refractivity contribution in [2.45, 2.75) is 19.8 Å². The van der Waals surface area contributed by atoms with Gasteiger partial charge in [-0.25, -0.2) is 0 Å². The molecule has 0 spiro atoms. The third-order valence-corrected chi connectivity index (χ3v) is 4.71. The zero-order chi connectivity index (χ0) is 18.8. The van der Waals surface area contributed by atoms with Crippen molar-refractivity contribution < 1.29 is 9.59 Å². The number of hydrogen-bond acceptors (Lipinski definition) is 2. The number of rotatable bonds is 5. The second kappa shape index (κ2) is 7.11. The van der Waals surface area contributed by atoms with Gasteiger partial charge in [-0.1, -0.05) is 12.1 Å². The van der Waals surface area contributed by atoms with E-state index in [0.29, 0.717) is 16.9 Å². The summed E-state index contributed by atoms with van der Waals surface area (Å²) in [5, 5.41) is 5.88. The van der Waals surface area contributed by atoms with Crippen LogP contribution < -0.4 is 10.6 Å². The molecule has 0 radical (unpaired) electrons. The number of nitrogens with zero attached hydrogens (tertiary/aromatic N) is 1. The third kappa shape index (κ3) is 3.92. The van der Waals surface area contributed by atoms with Crippen LogP contribution in [-0.4, -0.2) is 16.4 Å². The first-order chi connectivity index (χ1) is 13.1. The summed E-state index contributed by atoms with van der Waals surface area (Å²) in [5.41, 5.74) is 3.84. The maximum Gasteiger partial charge on any atom is 0.255 e. The second-order valence-electron chi connectivity index (χ2n) is 6.89. The predicted octanol–water partition coefficient (Wildman–Crippen LogP) is 4.39. The third-order valence-electron chi connectivity index (χ3n) is 4.71. The molecule has 5 heteroatoms. The molecule has 1 fully saturated rings. The van der Waals surface area contributed by atoms with Crippen LogP contribution in [0, 0.1) is 12.8 Å². The van der Waals surface area contributed by atoms with Gasteiger partial charge in [-0.15, -0.1) is 0 Å². The first-order valence-electron chi connectivity index (χ1n) is 9.06. The van der Waals surface area contributed by atoms with E-state index >= 15 is 0 Å². The number of carbonyl (C=O) groups is 2. The Morgan fingerprint density at radius 3 is 2.48 bits per heavy atom. The molecule has 0 bridgehead atoms. The summed E-state index contributed by atoms with van der Waals surface area (Å²) in [5.74, 6) is 0.00843. The Labute approximate surface area is 158 Å². The lowest BCUT2D eigenvalue weighted by Gasteiger charge is -2.12. The Balaban J connectivity index is 1.52. The molecule has 3 aromatic rings. The summed E-state index contributed by atoms with van der Waals surface area (Å²) >= 11 is 0. The highest BCUT2D eigenvalue weighted by atomic mass is 16.2. The van der Waals surface area contributed by atoms with Crippen LogP contribution >= 0.6 is 0 Å². The summed E-state index contributed by atoms with van der Waals surface area (Å²) in [7, 11) is 0. The lowest BCUT2D eigenvalue weighted by Crippen LogP contribution is -2.15. The molecule has 0 aliphatic heterocycles. The van der Waals surface area contributed by atoms with Crippen LogP contribution in [0.2, 0.25) is 0 Å². The fourth-order valence-corrected chi connectivity index (χ4v) is 2.93. The normalized spacial score (nSPS) is 13.2. The van der Waals surface area contributed by atoms with Gasteiger partial charge in [-0.2, -0.15) is 0 Å². The van der Waals surface area contributed by atoms with Crippen molar-refractivity contribution >= 4 is 23.2 Å². The molecule has 0 atom stereocenters. The summed E-state index contributed by atoms with van der Waals surface area (Å²) in [6.07, 6.45) is 5.79. The molecular weight excluding hydrogens is 338 g/mol. The Bertz CT molecular complexity index is 989. The van der Waals surface area contributed by atoms with E-state index in [-0.39, 0.29) is 17.7 Å². The quantitative estimate of drug-likeness (QED) is 0.710. The van der Waals surface area contributed by atoms with E-state index in [1.54, 1.807) is 6.07 Å². The highest BCUT2D eigenvalue weighted by molar-refractivity contribution is 6.05. The molecule has 1 aromatic heterocycles. The molecule has 136 valence electrons. The van der Waals surface area contributed by atoms with Gasteiger partial charge in [0.05, 0.1) is 0 Å². The minimum atomic E-state index is -0.183. The van der Waals surface area contributed by atoms with E-state index in [9.17, 15) is 9.59 Å². The van der Waals surface area contributed by atoms with Gasteiger partial charge in [0.1, 0.15) is 0 Å². The van der Waals surface area contributed by atoms with Crippen molar-refractivity contribution in [2.24, 2.45) is 5.92 Å². The van der Waals surface area contributed by atoms with E-state index < -0.39 is 0 Å². The number of aromatic nitrogens is 1. The maximum atomic E-state index is 12.7. The minimum absolute atomic E-state index is 0.0514. The number of nitrogens with one attached hydrogen (secondary N) is 2. The predicted molar refractivity (Wildman–Crippen MR) is 106 cm³/mol. The van der Waals surface area contributed by atoms with E-state index in [1.807, 2.05) is 72.4 Å². The van der Waals surface area contributed by atoms with Crippen LogP contribution in [0.4, 0.5) is 11.4 Å². The molecule has 1 aliphatic carbocycles. The summed E-state index contributed by atoms with van der Waals surface area (Å²) < 4.78 is 1.95. The Morgan fingerprint density at radius 1 is 0.963 bits per heavy atom. The topological polar surface area (TPSA) is 63.1 Å². The number of carbonyl (C=O) groups excluding carboxylic acids is 2. The smallest absolute Gasteiger partial charge is 0.255 e. The fourth-order valence-electron chi connectivity index (χ4n) is 2.93. The highest BCUT2D eigenvalue weighted by Crippen LogP contribution is 2.31. The number of benzene rings is 2. The molecule has 27 heavy (non-hydrogen) atoms. The maximum absolute atomic E-state index is 12.7. The average Bonchev–Trinajstić information content (AvgIpc) is 3.39. The van der Waals surface area contributed by atoms with Crippen LogP contribution in [0.5, 0.6) is 0 Å². The number of anilines is 2. The molecule has 0 saturated heterocycles. The summed E-state index contributed by atoms with van der Waals surface area (Å²) in [6, 6.07) is 16.9. The highest BCUT2D eigenvalue weighted by Gasteiger charge is 2.29. The minimum Gasteiger partial charge on any atom is -0.326 e. The first-order valence-corrected chi connectivity index (χ1v) is 9.06. The van der Waals surface area contributed by atoms with E-state index in [2.05, 4.69) is 10.6 Å². The van der Waals surface area contributed by atoms with Crippen LogP contribution in [0.25, 0.3) is 5.69 Å². The van der Waals surface area contributed by atoms with E-state index in [0.717, 1.165) is 24.1 Å². The lowest BCUT2D eigenvalue weighted by atomic mass is 10.1. The molecule has 1 aliphatic rings. The van der Waals surface area contributed by atoms with Gasteiger partial charge in [0, 0.05) is 40.9 Å². The first kappa shape index (κ1) is 17.1. The molecule has 4 rings (SSSR count). The van der Waals surface area contributed by atoms with Crippen LogP contribution in [0.3, 0.4) is 0 Å². The molecule has 5 nitrogen and oxygen atoms in total. The standard InChI is InChI=1S/C22H21N3O2/c1-15-7-10-18(23-21(26)16-8-9-16)14-20(15)24-22(27)17-5-4-6-19(13-17)25-11-2-3-12-25/h2-7,10-14,16H,8-9H2,1H3,(H,23,26)(H,24,27). The van der Waals surface area contributed by atoms with Gasteiger partial charge in [0.15, 0.2) is 0 Å². The van der Waals surface area contributed by atoms with Gasteiger partial charge in [0.2, 0.25) is 5.91 Å². The van der Waals surface area contributed by atoms with Crippen molar-refractivity contribution in [1.82, 2.24) is 4.57 Å². The zero-order valence-corrected chi connectivity index (χ0v) is 15.1. The second-order valence-corrected chi connectivity index (χ2v) is 6.89. The Kier molecular flexibility index (Phi) is 4.50. The molecule has 1 saturated carbocycles. The molecule has 2 amide bonds. The lowest BCUT2D eigenvalue weighted by molar-refractivity contribution is -0.117. The van der Waals surface area contributed by atoms with Gasteiger partial charge in [-0.05, 0) is 67.8 Å². The largest absolute Gasteiger partial charge is 0.326 e. The van der Waals surface area contributed by atoms with Crippen molar-refractivity contribution in [3.63, 3.8) is 0 Å². The zero-order valence-electron chi connectivity index (χ0n) is 15.1. The van der Waals surface area contributed by atoms with Crippen molar-refractivity contribution in [2.75, 3.05) is 10.6 Å². The van der Waals surface area contributed by atoms with Gasteiger partial charge in [-0.3, -0.25) is 9.59 Å². The number of amides is 2. The van der Waals surface area contributed by atoms with Crippen LogP contribution in [-0.2, 0) is 4.79 Å². The monoisotopic (exact) mass is 359 g/mol. The average molecular weight is 359 g/mol. The van der Waals surface area contributed by atoms with Crippen LogP contribution in [0.15, 0.2) is 67.0 Å². The van der Waals surface area contributed by atoms with E-state index in [1.165, 1.54) is 0 Å². The Morgan fingerprint density at radius 2 is 1.74 bits per heavy atom. The van der Waals surface area contributed by atoms with Crippen LogP contribution in [0.1, 0.15) is 28.8 Å². The van der Waals surface area contributed by atoms with Crippen molar-refractivity contribution in [3.05, 3.63) is 78.1 Å². The van der Waals surface area contributed by atoms with Gasteiger partial charge < -0.3 is 15.2 Å². The van der Waals surface area contributed by atoms with Crippen molar-refractivity contribution in [1.29, 1.82) is 0 Å². The molecule has 2 aromatic carbocycles. The fraction of sp³-hybridized carbons (Fsp3) is 0.182. The number of aryl methyl sites for hydroxylation is 1. The molecule has 0 unspecified atom stereocenters.